The van der Waals surface area contributed by atoms with Gasteiger partial charge in [-0.05, 0) is 17.7 Å². The Bertz CT molecular complexity index is 464. The Morgan fingerprint density at radius 1 is 1.29 bits per heavy atom. The van der Waals surface area contributed by atoms with Crippen LogP contribution in [-0.4, -0.2) is 11.3 Å². The highest BCUT2D eigenvalue weighted by atomic mass is 79.9. The van der Waals surface area contributed by atoms with Gasteiger partial charge in [-0.3, -0.25) is 4.98 Å². The van der Waals surface area contributed by atoms with Gasteiger partial charge in [0.1, 0.15) is 6.29 Å². The molecule has 0 spiro atoms. The second kappa shape index (κ2) is 3.88. The van der Waals surface area contributed by atoms with Crippen molar-refractivity contribution in [2.24, 2.45) is 0 Å². The van der Waals surface area contributed by atoms with Gasteiger partial charge in [0.25, 0.3) is 0 Å². The van der Waals surface area contributed by atoms with Gasteiger partial charge < -0.3 is 4.79 Å². The largest absolute Gasteiger partial charge is 0.302 e. The molecule has 1 atom stereocenters. The van der Waals surface area contributed by atoms with E-state index in [2.05, 4.69) is 20.9 Å². The fourth-order valence-corrected chi connectivity index (χ4v) is 1.83. The molecular formula is C11H8BrNO. The zero-order valence-electron chi connectivity index (χ0n) is 7.35. The van der Waals surface area contributed by atoms with Crippen molar-refractivity contribution in [3.05, 3.63) is 42.1 Å². The van der Waals surface area contributed by atoms with Gasteiger partial charge in [-0.15, -0.1) is 0 Å². The fraction of sp³-hybridized carbons (Fsp3) is 0.0909. The lowest BCUT2D eigenvalue weighted by Gasteiger charge is -2.06. The number of carbonyl (C=O) groups excluding carboxylic acids is 1. The van der Waals surface area contributed by atoms with Crippen LogP contribution in [0.4, 0.5) is 0 Å². The Labute approximate surface area is 90.1 Å². The van der Waals surface area contributed by atoms with E-state index in [4.69, 9.17) is 0 Å². The predicted octanol–water partition coefficient (Wildman–Crippen LogP) is 2.87. The third kappa shape index (κ3) is 1.55. The molecule has 0 N–H and O–H groups in total. The predicted molar refractivity (Wildman–Crippen MR) is 59.5 cm³/mol. The quantitative estimate of drug-likeness (QED) is 0.606. The Morgan fingerprint density at radius 3 is 2.86 bits per heavy atom. The van der Waals surface area contributed by atoms with Gasteiger partial charge in [-0.25, -0.2) is 0 Å². The zero-order chi connectivity index (χ0) is 9.97. The number of fused-ring (bicyclic) bond motifs is 1. The normalized spacial score (nSPS) is 12.6. The Morgan fingerprint density at radius 2 is 2.07 bits per heavy atom. The number of aromatic nitrogens is 1. The third-order valence-electron chi connectivity index (χ3n) is 2.10. The standard InChI is InChI=1S/C11H8BrNO/c12-10(7-14)8-5-6-13-11-4-2-1-3-9(8)11/h1-7,10H. The van der Waals surface area contributed by atoms with Crippen molar-refractivity contribution in [3.8, 4) is 0 Å². The molecule has 1 heterocycles. The van der Waals surface area contributed by atoms with Crippen LogP contribution in [0.15, 0.2) is 36.5 Å². The maximum Gasteiger partial charge on any atom is 0.138 e. The SMILES string of the molecule is O=CC(Br)c1ccnc2ccccc12. The molecule has 1 unspecified atom stereocenters. The minimum atomic E-state index is -0.254. The van der Waals surface area contributed by atoms with Crippen LogP contribution in [0.1, 0.15) is 10.4 Å². The maximum absolute atomic E-state index is 10.7. The van der Waals surface area contributed by atoms with E-state index in [1.807, 2.05) is 30.3 Å². The van der Waals surface area contributed by atoms with Gasteiger partial charge in [0.2, 0.25) is 0 Å². The van der Waals surface area contributed by atoms with Crippen LogP contribution in [0.25, 0.3) is 10.9 Å². The van der Waals surface area contributed by atoms with Crippen LogP contribution in [0.5, 0.6) is 0 Å². The van der Waals surface area contributed by atoms with Crippen molar-refractivity contribution < 1.29 is 4.79 Å². The maximum atomic E-state index is 10.7. The smallest absolute Gasteiger partial charge is 0.138 e. The lowest BCUT2D eigenvalue weighted by molar-refractivity contribution is -0.107. The number of hydrogen-bond acceptors (Lipinski definition) is 2. The average Bonchev–Trinajstić information content (AvgIpc) is 2.27. The second-order valence-electron chi connectivity index (χ2n) is 2.96. The molecule has 2 nitrogen and oxygen atoms in total. The van der Waals surface area contributed by atoms with Crippen LogP contribution in [0, 0.1) is 0 Å². The Hall–Kier alpha value is -1.22. The molecule has 0 aliphatic rings. The van der Waals surface area contributed by atoms with E-state index >= 15 is 0 Å². The molecule has 0 fully saturated rings. The van der Waals surface area contributed by atoms with E-state index in [0.717, 1.165) is 22.8 Å². The van der Waals surface area contributed by atoms with Crippen LogP contribution in [0.2, 0.25) is 0 Å². The summed E-state index contributed by atoms with van der Waals surface area (Å²) < 4.78 is 0. The van der Waals surface area contributed by atoms with E-state index in [1.54, 1.807) is 6.20 Å². The van der Waals surface area contributed by atoms with Crippen molar-refractivity contribution in [2.45, 2.75) is 4.83 Å². The molecular weight excluding hydrogens is 242 g/mol. The molecule has 0 amide bonds. The summed E-state index contributed by atoms with van der Waals surface area (Å²) in [6.07, 6.45) is 2.59. The first-order valence-electron chi connectivity index (χ1n) is 4.26. The molecule has 0 saturated heterocycles. The summed E-state index contributed by atoms with van der Waals surface area (Å²) in [5.74, 6) is 0. The monoisotopic (exact) mass is 249 g/mol. The summed E-state index contributed by atoms with van der Waals surface area (Å²) in [4.78, 5) is 14.6. The zero-order valence-corrected chi connectivity index (χ0v) is 8.94. The molecule has 3 heteroatoms. The van der Waals surface area contributed by atoms with Crippen molar-refractivity contribution >= 4 is 33.1 Å². The first kappa shape index (κ1) is 9.34. The van der Waals surface area contributed by atoms with E-state index in [-0.39, 0.29) is 4.83 Å². The summed E-state index contributed by atoms with van der Waals surface area (Å²) in [7, 11) is 0. The Kier molecular flexibility index (Phi) is 2.59. The van der Waals surface area contributed by atoms with Crippen molar-refractivity contribution in [1.29, 1.82) is 0 Å². The van der Waals surface area contributed by atoms with Gasteiger partial charge in [0.15, 0.2) is 0 Å². The number of pyridine rings is 1. The molecule has 0 aliphatic heterocycles. The number of hydrogen-bond donors (Lipinski definition) is 0. The van der Waals surface area contributed by atoms with Crippen LogP contribution in [0.3, 0.4) is 0 Å². The van der Waals surface area contributed by atoms with E-state index in [1.165, 1.54) is 0 Å². The van der Waals surface area contributed by atoms with Crippen molar-refractivity contribution in [1.82, 2.24) is 4.98 Å². The summed E-state index contributed by atoms with van der Waals surface area (Å²) in [6.45, 7) is 0. The number of aldehydes is 1. The van der Waals surface area contributed by atoms with Crippen molar-refractivity contribution in [2.75, 3.05) is 0 Å². The minimum Gasteiger partial charge on any atom is -0.302 e. The highest BCUT2D eigenvalue weighted by Crippen LogP contribution is 2.26. The fourth-order valence-electron chi connectivity index (χ4n) is 1.43. The second-order valence-corrected chi connectivity index (χ2v) is 3.94. The van der Waals surface area contributed by atoms with Crippen LogP contribution < -0.4 is 0 Å². The molecule has 1 aromatic heterocycles. The van der Waals surface area contributed by atoms with Gasteiger partial charge >= 0.3 is 0 Å². The number of benzene rings is 1. The average molecular weight is 250 g/mol. The number of para-hydroxylation sites is 1. The molecule has 14 heavy (non-hydrogen) atoms. The van der Waals surface area contributed by atoms with Gasteiger partial charge in [-0.2, -0.15) is 0 Å². The molecule has 0 bridgehead atoms. The van der Waals surface area contributed by atoms with Gasteiger partial charge in [0.05, 0.1) is 10.3 Å². The van der Waals surface area contributed by atoms with E-state index in [9.17, 15) is 4.79 Å². The minimum absolute atomic E-state index is 0.254. The number of alkyl halides is 1. The molecule has 0 aliphatic carbocycles. The molecule has 70 valence electrons. The van der Waals surface area contributed by atoms with Gasteiger partial charge in [-0.1, -0.05) is 34.1 Å². The number of carbonyl (C=O) groups is 1. The number of nitrogens with zero attached hydrogens (tertiary/aromatic N) is 1. The summed E-state index contributed by atoms with van der Waals surface area (Å²) >= 11 is 3.31. The van der Waals surface area contributed by atoms with E-state index in [0.29, 0.717) is 0 Å². The molecule has 0 radical (unpaired) electrons. The van der Waals surface area contributed by atoms with Crippen LogP contribution >= 0.6 is 15.9 Å². The third-order valence-corrected chi connectivity index (χ3v) is 2.81. The molecule has 2 aromatic rings. The van der Waals surface area contributed by atoms with Crippen molar-refractivity contribution in [3.63, 3.8) is 0 Å². The summed E-state index contributed by atoms with van der Waals surface area (Å²) in [5.41, 5.74) is 1.88. The first-order chi connectivity index (χ1) is 6.83. The molecule has 2 rings (SSSR count). The Balaban J connectivity index is 2.70. The highest BCUT2D eigenvalue weighted by molar-refractivity contribution is 9.09. The molecule has 0 saturated carbocycles. The highest BCUT2D eigenvalue weighted by Gasteiger charge is 2.09. The van der Waals surface area contributed by atoms with Crippen LogP contribution in [-0.2, 0) is 4.79 Å². The lowest BCUT2D eigenvalue weighted by Crippen LogP contribution is -1.93. The number of halogens is 1. The topological polar surface area (TPSA) is 30.0 Å². The molecule has 1 aromatic carbocycles. The first-order valence-corrected chi connectivity index (χ1v) is 5.17. The van der Waals surface area contributed by atoms with E-state index < -0.39 is 0 Å². The van der Waals surface area contributed by atoms with Gasteiger partial charge in [0, 0.05) is 11.6 Å². The number of rotatable bonds is 2. The summed E-state index contributed by atoms with van der Waals surface area (Å²) in [6, 6.07) is 9.64. The summed E-state index contributed by atoms with van der Waals surface area (Å²) in [5, 5.41) is 1.02. The lowest BCUT2D eigenvalue weighted by atomic mass is 10.1.